The Labute approximate surface area is 114 Å². The topological polar surface area (TPSA) is 37.2 Å². The molecule has 0 aliphatic carbocycles. The summed E-state index contributed by atoms with van der Waals surface area (Å²) in [7, 11) is 0. The number of hydrogen-bond donors (Lipinski definition) is 2. The van der Waals surface area contributed by atoms with Crippen molar-refractivity contribution >= 4 is 34.6 Å². The highest BCUT2D eigenvalue weighted by atomic mass is 35.5. The van der Waals surface area contributed by atoms with Crippen LogP contribution in [0.15, 0.2) is 41.0 Å². The predicted octanol–water partition coefficient (Wildman–Crippen LogP) is 3.56. The molecule has 0 fully saturated rings. The van der Waals surface area contributed by atoms with Gasteiger partial charge >= 0.3 is 0 Å². The highest BCUT2D eigenvalue weighted by molar-refractivity contribution is 7.80. The Bertz CT molecular complexity index is 545. The second-order valence-electron chi connectivity index (χ2n) is 3.51. The van der Waals surface area contributed by atoms with Gasteiger partial charge in [0.15, 0.2) is 5.11 Å². The van der Waals surface area contributed by atoms with Crippen molar-refractivity contribution in [2.24, 2.45) is 0 Å². The van der Waals surface area contributed by atoms with E-state index in [2.05, 4.69) is 10.6 Å². The van der Waals surface area contributed by atoms with E-state index in [-0.39, 0.29) is 5.69 Å². The van der Waals surface area contributed by atoms with E-state index in [1.54, 1.807) is 18.4 Å². The quantitative estimate of drug-likeness (QED) is 0.845. The molecule has 0 amide bonds. The second kappa shape index (κ2) is 5.84. The molecule has 0 spiro atoms. The van der Waals surface area contributed by atoms with Gasteiger partial charge < -0.3 is 15.1 Å². The summed E-state index contributed by atoms with van der Waals surface area (Å²) in [4.78, 5) is 0. The number of anilines is 1. The maximum absolute atomic E-state index is 13.5. The van der Waals surface area contributed by atoms with Gasteiger partial charge in [0.1, 0.15) is 11.6 Å². The van der Waals surface area contributed by atoms with Crippen molar-refractivity contribution in [2.75, 3.05) is 5.32 Å². The Morgan fingerprint density at radius 2 is 2.22 bits per heavy atom. The molecule has 0 unspecified atom stereocenters. The Hall–Kier alpha value is -1.59. The standard InChI is InChI=1S/C12H10ClFN2OS/c13-8-3-4-11(10(14)6-8)16-12(18)15-7-9-2-1-5-17-9/h1-6H,7H2,(H2,15,16,18). The lowest BCUT2D eigenvalue weighted by molar-refractivity contribution is 0.503. The van der Waals surface area contributed by atoms with Crippen molar-refractivity contribution in [3.8, 4) is 0 Å². The molecule has 3 nitrogen and oxygen atoms in total. The fourth-order valence-electron chi connectivity index (χ4n) is 1.34. The Balaban J connectivity index is 1.91. The van der Waals surface area contributed by atoms with Crippen LogP contribution in [0.5, 0.6) is 0 Å². The fraction of sp³-hybridized carbons (Fsp3) is 0.0833. The maximum atomic E-state index is 13.5. The molecular weight excluding hydrogens is 275 g/mol. The van der Waals surface area contributed by atoms with Crippen LogP contribution in [0.4, 0.5) is 10.1 Å². The molecule has 1 heterocycles. The summed E-state index contributed by atoms with van der Waals surface area (Å²) in [6.45, 7) is 0.439. The first-order valence-electron chi connectivity index (χ1n) is 5.17. The zero-order valence-corrected chi connectivity index (χ0v) is 10.8. The summed E-state index contributed by atoms with van der Waals surface area (Å²) in [5, 5.41) is 6.30. The maximum Gasteiger partial charge on any atom is 0.171 e. The van der Waals surface area contributed by atoms with Gasteiger partial charge in [0, 0.05) is 5.02 Å². The normalized spacial score (nSPS) is 10.1. The molecule has 1 aromatic carbocycles. The number of furan rings is 1. The van der Waals surface area contributed by atoms with Crippen LogP contribution in [0.1, 0.15) is 5.76 Å². The van der Waals surface area contributed by atoms with Crippen molar-refractivity contribution in [2.45, 2.75) is 6.54 Å². The highest BCUT2D eigenvalue weighted by Crippen LogP contribution is 2.18. The summed E-state index contributed by atoms with van der Waals surface area (Å²) in [6.07, 6.45) is 1.58. The van der Waals surface area contributed by atoms with E-state index in [1.807, 2.05) is 6.07 Å². The number of rotatable bonds is 3. The second-order valence-corrected chi connectivity index (χ2v) is 4.36. The molecule has 2 aromatic rings. The molecule has 0 aliphatic heterocycles. The summed E-state index contributed by atoms with van der Waals surface area (Å²) < 4.78 is 18.6. The molecule has 0 atom stereocenters. The minimum absolute atomic E-state index is 0.274. The zero-order valence-electron chi connectivity index (χ0n) is 9.24. The zero-order chi connectivity index (χ0) is 13.0. The Kier molecular flexibility index (Phi) is 4.17. The lowest BCUT2D eigenvalue weighted by Gasteiger charge is -2.10. The lowest BCUT2D eigenvalue weighted by Crippen LogP contribution is -2.28. The molecule has 0 saturated heterocycles. The highest BCUT2D eigenvalue weighted by Gasteiger charge is 2.05. The van der Waals surface area contributed by atoms with E-state index < -0.39 is 5.82 Å². The number of halogens is 2. The van der Waals surface area contributed by atoms with Gasteiger partial charge in [-0.25, -0.2) is 4.39 Å². The minimum atomic E-state index is -0.454. The van der Waals surface area contributed by atoms with E-state index in [0.29, 0.717) is 16.7 Å². The average molecular weight is 285 g/mol. The summed E-state index contributed by atoms with van der Waals surface area (Å²) >= 11 is 10.7. The van der Waals surface area contributed by atoms with Gasteiger partial charge in [0.25, 0.3) is 0 Å². The van der Waals surface area contributed by atoms with Crippen LogP contribution in [0.2, 0.25) is 5.02 Å². The molecular formula is C12H10ClFN2OS. The molecule has 0 saturated carbocycles. The van der Waals surface area contributed by atoms with Crippen LogP contribution in [-0.2, 0) is 6.54 Å². The summed E-state index contributed by atoms with van der Waals surface area (Å²) in [6, 6.07) is 7.94. The van der Waals surface area contributed by atoms with Crippen LogP contribution in [0, 0.1) is 5.82 Å². The number of thiocarbonyl (C=S) groups is 1. The minimum Gasteiger partial charge on any atom is -0.467 e. The largest absolute Gasteiger partial charge is 0.467 e. The van der Waals surface area contributed by atoms with Crippen molar-refractivity contribution in [3.05, 3.63) is 53.2 Å². The van der Waals surface area contributed by atoms with Crippen molar-refractivity contribution < 1.29 is 8.81 Å². The van der Waals surface area contributed by atoms with Gasteiger partial charge in [-0.15, -0.1) is 0 Å². The van der Waals surface area contributed by atoms with Gasteiger partial charge in [0.05, 0.1) is 18.5 Å². The van der Waals surface area contributed by atoms with Gasteiger partial charge in [-0.2, -0.15) is 0 Å². The van der Waals surface area contributed by atoms with Gasteiger partial charge in [-0.3, -0.25) is 0 Å². The lowest BCUT2D eigenvalue weighted by atomic mass is 10.3. The SMILES string of the molecule is Fc1cc(Cl)ccc1NC(=S)NCc1ccco1. The van der Waals surface area contributed by atoms with Gasteiger partial charge in [-0.1, -0.05) is 11.6 Å². The molecule has 2 rings (SSSR count). The molecule has 18 heavy (non-hydrogen) atoms. The van der Waals surface area contributed by atoms with Gasteiger partial charge in [0.2, 0.25) is 0 Å². The van der Waals surface area contributed by atoms with E-state index in [1.165, 1.54) is 12.1 Å². The molecule has 6 heteroatoms. The molecule has 2 N–H and O–H groups in total. The average Bonchev–Trinajstić information content (AvgIpc) is 2.83. The van der Waals surface area contributed by atoms with Crippen molar-refractivity contribution in [1.29, 1.82) is 0 Å². The third-order valence-corrected chi connectivity index (χ3v) is 2.66. The molecule has 1 aromatic heterocycles. The fourth-order valence-corrected chi connectivity index (χ4v) is 1.68. The van der Waals surface area contributed by atoms with Gasteiger partial charge in [-0.05, 0) is 42.5 Å². The third kappa shape index (κ3) is 3.45. The smallest absolute Gasteiger partial charge is 0.171 e. The summed E-state index contributed by atoms with van der Waals surface area (Å²) in [5.74, 6) is 0.292. The van der Waals surface area contributed by atoms with E-state index in [4.69, 9.17) is 28.2 Å². The Morgan fingerprint density at radius 1 is 1.39 bits per heavy atom. The van der Waals surface area contributed by atoms with Crippen LogP contribution >= 0.6 is 23.8 Å². The number of nitrogens with one attached hydrogen (secondary N) is 2. The van der Waals surface area contributed by atoms with E-state index in [0.717, 1.165) is 5.76 Å². The van der Waals surface area contributed by atoms with Crippen LogP contribution in [0.25, 0.3) is 0 Å². The monoisotopic (exact) mass is 284 g/mol. The first kappa shape index (κ1) is 12.9. The first-order chi connectivity index (χ1) is 8.65. The third-order valence-electron chi connectivity index (χ3n) is 2.18. The number of benzene rings is 1. The Morgan fingerprint density at radius 3 is 2.89 bits per heavy atom. The molecule has 0 radical (unpaired) electrons. The number of hydrogen-bond acceptors (Lipinski definition) is 2. The molecule has 94 valence electrons. The summed E-state index contributed by atoms with van der Waals surface area (Å²) in [5.41, 5.74) is 0.274. The predicted molar refractivity (Wildman–Crippen MR) is 73.2 cm³/mol. The molecule has 0 bridgehead atoms. The first-order valence-corrected chi connectivity index (χ1v) is 5.96. The van der Waals surface area contributed by atoms with Crippen LogP contribution in [0.3, 0.4) is 0 Å². The van der Waals surface area contributed by atoms with Crippen LogP contribution in [-0.4, -0.2) is 5.11 Å². The van der Waals surface area contributed by atoms with Crippen molar-refractivity contribution in [1.82, 2.24) is 5.32 Å². The van der Waals surface area contributed by atoms with E-state index in [9.17, 15) is 4.39 Å². The van der Waals surface area contributed by atoms with E-state index >= 15 is 0 Å². The van der Waals surface area contributed by atoms with Crippen molar-refractivity contribution in [3.63, 3.8) is 0 Å². The van der Waals surface area contributed by atoms with Crippen LogP contribution < -0.4 is 10.6 Å². The molecule has 0 aliphatic rings.